The Hall–Kier alpha value is -1.87. The SMILES string of the molecule is Cc1ccc(Cn2c(CCl)nc3ccccc32)cn1. The molecule has 0 fully saturated rings. The number of fused-ring (bicyclic) bond motifs is 1. The zero-order valence-electron chi connectivity index (χ0n) is 10.7. The number of pyridine rings is 1. The lowest BCUT2D eigenvalue weighted by Crippen LogP contribution is -2.04. The summed E-state index contributed by atoms with van der Waals surface area (Å²) < 4.78 is 2.15. The lowest BCUT2D eigenvalue weighted by atomic mass is 10.2. The Morgan fingerprint density at radius 3 is 2.74 bits per heavy atom. The molecule has 0 radical (unpaired) electrons. The van der Waals surface area contributed by atoms with E-state index in [1.165, 1.54) is 0 Å². The number of benzene rings is 1. The number of hydrogen-bond acceptors (Lipinski definition) is 2. The number of rotatable bonds is 3. The summed E-state index contributed by atoms with van der Waals surface area (Å²) in [6, 6.07) is 12.2. The van der Waals surface area contributed by atoms with Crippen LogP contribution in [0.25, 0.3) is 11.0 Å². The summed E-state index contributed by atoms with van der Waals surface area (Å²) in [4.78, 5) is 8.88. The predicted octanol–water partition coefficient (Wildman–Crippen LogP) is 3.53. The number of hydrogen-bond donors (Lipinski definition) is 0. The molecule has 4 heteroatoms. The van der Waals surface area contributed by atoms with Gasteiger partial charge >= 0.3 is 0 Å². The van der Waals surface area contributed by atoms with Crippen LogP contribution < -0.4 is 0 Å². The third-order valence-corrected chi connectivity index (χ3v) is 3.41. The van der Waals surface area contributed by atoms with Crippen molar-refractivity contribution in [2.24, 2.45) is 0 Å². The highest BCUT2D eigenvalue weighted by Crippen LogP contribution is 2.18. The van der Waals surface area contributed by atoms with E-state index < -0.39 is 0 Å². The molecule has 3 nitrogen and oxygen atoms in total. The first kappa shape index (κ1) is 12.2. The molecule has 96 valence electrons. The fraction of sp³-hybridized carbons (Fsp3) is 0.200. The number of nitrogens with zero attached hydrogens (tertiary/aromatic N) is 3. The minimum absolute atomic E-state index is 0.411. The molecule has 2 aromatic heterocycles. The van der Waals surface area contributed by atoms with Gasteiger partial charge in [-0.15, -0.1) is 11.6 Å². The number of aryl methyl sites for hydroxylation is 1. The van der Waals surface area contributed by atoms with E-state index in [-0.39, 0.29) is 0 Å². The molecule has 0 N–H and O–H groups in total. The molecule has 0 saturated carbocycles. The normalized spacial score (nSPS) is 11.1. The Morgan fingerprint density at radius 1 is 1.16 bits per heavy atom. The predicted molar refractivity (Wildman–Crippen MR) is 77.4 cm³/mol. The zero-order valence-corrected chi connectivity index (χ0v) is 11.4. The molecule has 0 unspecified atom stereocenters. The van der Waals surface area contributed by atoms with Crippen molar-refractivity contribution in [3.8, 4) is 0 Å². The average molecular weight is 272 g/mol. The number of halogens is 1. The Morgan fingerprint density at radius 2 is 2.00 bits per heavy atom. The quantitative estimate of drug-likeness (QED) is 0.683. The fourth-order valence-corrected chi connectivity index (χ4v) is 2.38. The molecule has 3 rings (SSSR count). The maximum atomic E-state index is 6.00. The Labute approximate surface area is 116 Å². The van der Waals surface area contributed by atoms with Gasteiger partial charge in [0.05, 0.1) is 23.5 Å². The van der Waals surface area contributed by atoms with Crippen LogP contribution in [0.15, 0.2) is 42.6 Å². The van der Waals surface area contributed by atoms with Gasteiger partial charge in [-0.05, 0) is 30.7 Å². The van der Waals surface area contributed by atoms with E-state index in [1.807, 2.05) is 37.4 Å². The van der Waals surface area contributed by atoms with E-state index in [2.05, 4.69) is 26.7 Å². The second kappa shape index (κ2) is 5.02. The molecule has 1 aromatic carbocycles. The third kappa shape index (κ3) is 2.34. The molecule has 19 heavy (non-hydrogen) atoms. The van der Waals surface area contributed by atoms with Crippen molar-refractivity contribution in [1.82, 2.24) is 14.5 Å². The van der Waals surface area contributed by atoms with E-state index in [0.717, 1.165) is 34.7 Å². The van der Waals surface area contributed by atoms with Crippen LogP contribution in [-0.2, 0) is 12.4 Å². The van der Waals surface area contributed by atoms with E-state index in [1.54, 1.807) is 0 Å². The number of aromatic nitrogens is 3. The standard InChI is InChI=1S/C15H14ClN3/c1-11-6-7-12(9-17-11)10-19-14-5-3-2-4-13(14)18-15(19)8-16/h2-7,9H,8,10H2,1H3. The Kier molecular flexibility index (Phi) is 3.22. The third-order valence-electron chi connectivity index (χ3n) is 3.17. The maximum absolute atomic E-state index is 6.00. The van der Waals surface area contributed by atoms with E-state index >= 15 is 0 Å². The first-order valence-corrected chi connectivity index (χ1v) is 6.73. The van der Waals surface area contributed by atoms with Gasteiger partial charge in [-0.2, -0.15) is 0 Å². The molecule has 0 amide bonds. The lowest BCUT2D eigenvalue weighted by molar-refractivity contribution is 0.774. The monoisotopic (exact) mass is 271 g/mol. The van der Waals surface area contributed by atoms with Gasteiger partial charge in [-0.3, -0.25) is 4.98 Å². The van der Waals surface area contributed by atoms with Crippen LogP contribution in [0.2, 0.25) is 0 Å². The molecular formula is C15H14ClN3. The summed E-state index contributed by atoms with van der Waals surface area (Å²) in [5, 5.41) is 0. The first-order chi connectivity index (χ1) is 9.28. The molecule has 3 aromatic rings. The van der Waals surface area contributed by atoms with Gasteiger partial charge in [0.25, 0.3) is 0 Å². The molecule has 0 bridgehead atoms. The molecule has 0 saturated heterocycles. The summed E-state index contributed by atoms with van der Waals surface area (Å²) in [6.45, 7) is 2.73. The number of alkyl halides is 1. The van der Waals surface area contributed by atoms with E-state index in [4.69, 9.17) is 11.6 Å². The second-order valence-corrected chi connectivity index (χ2v) is 4.81. The van der Waals surface area contributed by atoms with Crippen molar-refractivity contribution >= 4 is 22.6 Å². The summed E-state index contributed by atoms with van der Waals surface area (Å²) in [5.41, 5.74) is 4.27. The van der Waals surface area contributed by atoms with Gasteiger partial charge in [0.1, 0.15) is 5.82 Å². The molecule has 0 aliphatic rings. The van der Waals surface area contributed by atoms with E-state index in [9.17, 15) is 0 Å². The highest BCUT2D eigenvalue weighted by atomic mass is 35.5. The van der Waals surface area contributed by atoms with Gasteiger partial charge in [-0.1, -0.05) is 18.2 Å². The fourth-order valence-electron chi connectivity index (χ4n) is 2.18. The van der Waals surface area contributed by atoms with Crippen LogP contribution in [0.4, 0.5) is 0 Å². The molecule has 0 aliphatic carbocycles. The van der Waals surface area contributed by atoms with Crippen molar-refractivity contribution in [1.29, 1.82) is 0 Å². The van der Waals surface area contributed by atoms with Crippen LogP contribution >= 0.6 is 11.6 Å². The largest absolute Gasteiger partial charge is 0.322 e. The molecule has 2 heterocycles. The smallest absolute Gasteiger partial charge is 0.125 e. The van der Waals surface area contributed by atoms with Crippen LogP contribution in [0.3, 0.4) is 0 Å². The minimum Gasteiger partial charge on any atom is -0.322 e. The van der Waals surface area contributed by atoms with Gasteiger partial charge in [0, 0.05) is 11.9 Å². The summed E-state index contributed by atoms with van der Waals surface area (Å²) in [7, 11) is 0. The highest BCUT2D eigenvalue weighted by Gasteiger charge is 2.09. The summed E-state index contributed by atoms with van der Waals surface area (Å²) >= 11 is 6.00. The number of para-hydroxylation sites is 2. The van der Waals surface area contributed by atoms with Crippen molar-refractivity contribution < 1.29 is 0 Å². The first-order valence-electron chi connectivity index (χ1n) is 6.19. The highest BCUT2D eigenvalue weighted by molar-refractivity contribution is 6.16. The zero-order chi connectivity index (χ0) is 13.2. The van der Waals surface area contributed by atoms with Gasteiger partial charge in [0.2, 0.25) is 0 Å². The minimum atomic E-state index is 0.411. The van der Waals surface area contributed by atoms with Gasteiger partial charge in [-0.25, -0.2) is 4.98 Å². The van der Waals surface area contributed by atoms with Crippen molar-refractivity contribution in [3.05, 3.63) is 59.7 Å². The maximum Gasteiger partial charge on any atom is 0.125 e. The Bertz CT molecular complexity index is 701. The van der Waals surface area contributed by atoms with Crippen molar-refractivity contribution in [3.63, 3.8) is 0 Å². The van der Waals surface area contributed by atoms with Crippen LogP contribution in [0, 0.1) is 6.92 Å². The topological polar surface area (TPSA) is 30.7 Å². The van der Waals surface area contributed by atoms with Crippen LogP contribution in [0.1, 0.15) is 17.1 Å². The van der Waals surface area contributed by atoms with Gasteiger partial charge < -0.3 is 4.57 Å². The molecule has 0 aliphatic heterocycles. The summed E-state index contributed by atoms with van der Waals surface area (Å²) in [5.74, 6) is 1.30. The Balaban J connectivity index is 2.06. The van der Waals surface area contributed by atoms with E-state index in [0.29, 0.717) is 5.88 Å². The summed E-state index contributed by atoms with van der Waals surface area (Å²) in [6.07, 6.45) is 1.90. The second-order valence-electron chi connectivity index (χ2n) is 4.54. The van der Waals surface area contributed by atoms with Crippen molar-refractivity contribution in [2.75, 3.05) is 0 Å². The lowest BCUT2D eigenvalue weighted by Gasteiger charge is -2.07. The number of imidazole rings is 1. The molecular weight excluding hydrogens is 258 g/mol. The molecule has 0 spiro atoms. The van der Waals surface area contributed by atoms with Crippen LogP contribution in [-0.4, -0.2) is 14.5 Å². The van der Waals surface area contributed by atoms with Crippen molar-refractivity contribution in [2.45, 2.75) is 19.3 Å². The van der Waals surface area contributed by atoms with Gasteiger partial charge in [0.15, 0.2) is 0 Å². The average Bonchev–Trinajstić information content (AvgIpc) is 2.79. The molecule has 0 atom stereocenters. The van der Waals surface area contributed by atoms with Crippen LogP contribution in [0.5, 0.6) is 0 Å².